The smallest absolute Gasteiger partial charge is 0.336 e. The first-order chi connectivity index (χ1) is 28.3. The zero-order chi connectivity index (χ0) is 41.5. The second-order valence-electron chi connectivity index (χ2n) is 15.0. The van der Waals surface area contributed by atoms with Gasteiger partial charge in [0.2, 0.25) is 12.0 Å². The fourth-order valence-corrected chi connectivity index (χ4v) is 8.01. The molecule has 17 nitrogen and oxygen atoms in total. The number of nitrogens with zero attached hydrogens (tertiary/aromatic N) is 3. The third kappa shape index (κ3) is 7.72. The zero-order valence-corrected chi connectivity index (χ0v) is 31.5. The standard InChI is InChI=1S/C42H42N4O13/c43-32-11-8-24(46-32)12-15-55-27-9-6-22(7-10-27)29-17-28(48)33-30(56-29)18-31(36(34(33)49)59-41(13-1-2-14-41)23-4-3-5-26(47)16-23)57-40-35(50)37(51)42(54,38(58-40)39(52)53)19-25-20-44-21-45-25/h3-11,16-18,21,29,35,37-38,40,43,47-51,54H,1-2,12-15,19-20H2,(H,52,53)/t29?,35-,37+,38-,40-,42+/m1/s1. The van der Waals surface area contributed by atoms with Crippen molar-refractivity contribution in [1.82, 2.24) is 0 Å². The summed E-state index contributed by atoms with van der Waals surface area (Å²) in [5.74, 6) is -2.64. The van der Waals surface area contributed by atoms with Gasteiger partial charge < -0.3 is 59.4 Å². The van der Waals surface area contributed by atoms with E-state index in [0.717, 1.165) is 18.6 Å². The zero-order valence-electron chi connectivity index (χ0n) is 31.5. The third-order valence-electron chi connectivity index (χ3n) is 11.0. The molecule has 1 saturated carbocycles. The van der Waals surface area contributed by atoms with Crippen LogP contribution in [0.15, 0.2) is 87.8 Å². The highest BCUT2D eigenvalue weighted by molar-refractivity contribution is 6.14. The number of hydrogen-bond donors (Lipinski definition) is 8. The van der Waals surface area contributed by atoms with Crippen molar-refractivity contribution < 1.29 is 64.2 Å². The van der Waals surface area contributed by atoms with Crippen molar-refractivity contribution in [3.05, 3.63) is 89.5 Å². The molecule has 2 fully saturated rings. The van der Waals surface area contributed by atoms with Crippen LogP contribution in [0.3, 0.4) is 0 Å². The summed E-state index contributed by atoms with van der Waals surface area (Å²) < 4.78 is 30.6. The molecular weight excluding hydrogens is 768 g/mol. The van der Waals surface area contributed by atoms with Crippen molar-refractivity contribution in [2.45, 2.75) is 80.4 Å². The van der Waals surface area contributed by atoms with Crippen LogP contribution in [0.1, 0.15) is 61.3 Å². The Morgan fingerprint density at radius 3 is 2.47 bits per heavy atom. The van der Waals surface area contributed by atoms with E-state index in [1.807, 2.05) is 0 Å². The van der Waals surface area contributed by atoms with Crippen LogP contribution in [0.4, 0.5) is 0 Å². The van der Waals surface area contributed by atoms with Crippen molar-refractivity contribution in [3.63, 3.8) is 0 Å². The highest BCUT2D eigenvalue weighted by Gasteiger charge is 2.59. The molecule has 4 aliphatic heterocycles. The first-order valence-electron chi connectivity index (χ1n) is 19.0. The molecule has 6 atom stereocenters. The second-order valence-corrected chi connectivity index (χ2v) is 15.0. The number of carboxylic acid groups (broad SMARTS) is 1. The number of hydrogen-bond acceptors (Lipinski definition) is 15. The molecule has 308 valence electrons. The van der Waals surface area contributed by atoms with Crippen LogP contribution in [-0.2, 0) is 15.1 Å². The number of benzene rings is 3. The Labute approximate surface area is 337 Å². The Hall–Kier alpha value is -6.27. The molecule has 0 bridgehead atoms. The minimum atomic E-state index is -2.54. The van der Waals surface area contributed by atoms with Crippen molar-refractivity contribution in [2.24, 2.45) is 15.0 Å². The quantitative estimate of drug-likeness (QED) is 0.120. The van der Waals surface area contributed by atoms with E-state index in [-0.39, 0.29) is 52.4 Å². The molecule has 8 rings (SSSR count). The maximum atomic E-state index is 12.5. The average molecular weight is 811 g/mol. The summed E-state index contributed by atoms with van der Waals surface area (Å²) >= 11 is 0. The summed E-state index contributed by atoms with van der Waals surface area (Å²) in [7, 11) is 0. The first kappa shape index (κ1) is 39.6. The molecule has 1 aliphatic carbocycles. The van der Waals surface area contributed by atoms with Gasteiger partial charge in [-0.1, -0.05) is 24.3 Å². The molecule has 5 aliphatic rings. The molecule has 8 N–H and O–H groups in total. The number of rotatable bonds is 13. The summed E-state index contributed by atoms with van der Waals surface area (Å²) in [5, 5.41) is 85.8. The number of aliphatic carboxylic acids is 1. The van der Waals surface area contributed by atoms with Gasteiger partial charge >= 0.3 is 5.97 Å². The molecule has 1 unspecified atom stereocenters. The van der Waals surface area contributed by atoms with E-state index in [1.54, 1.807) is 54.6 Å². The van der Waals surface area contributed by atoms with Crippen molar-refractivity contribution in [1.29, 1.82) is 5.41 Å². The number of aliphatic hydroxyl groups is 4. The lowest BCUT2D eigenvalue weighted by molar-refractivity contribution is -0.303. The number of fused-ring (bicyclic) bond motifs is 1. The normalized spacial score (nSPS) is 26.7. The number of aliphatic imine (C=N–C) groups is 3. The van der Waals surface area contributed by atoms with Crippen LogP contribution < -0.4 is 18.9 Å². The monoisotopic (exact) mass is 810 g/mol. The Bertz CT molecular complexity index is 2300. The van der Waals surface area contributed by atoms with E-state index >= 15 is 0 Å². The van der Waals surface area contributed by atoms with E-state index in [1.165, 1.54) is 24.5 Å². The number of nitrogens with one attached hydrogen (secondary N) is 1. The highest BCUT2D eigenvalue weighted by Crippen LogP contribution is 2.55. The Balaban J connectivity index is 1.12. The van der Waals surface area contributed by atoms with E-state index in [2.05, 4.69) is 15.0 Å². The number of carbonyl (C=O) groups is 1. The van der Waals surface area contributed by atoms with E-state index in [0.29, 0.717) is 42.7 Å². The van der Waals surface area contributed by atoms with E-state index in [4.69, 9.17) is 29.1 Å². The maximum Gasteiger partial charge on any atom is 0.336 e. The summed E-state index contributed by atoms with van der Waals surface area (Å²) in [4.78, 5) is 24.6. The average Bonchev–Trinajstić information content (AvgIpc) is 4.00. The number of aromatic hydroxyl groups is 2. The molecule has 3 aromatic rings. The molecule has 0 aromatic heterocycles. The second kappa shape index (κ2) is 15.8. The van der Waals surface area contributed by atoms with Gasteiger partial charge in [-0.2, -0.15) is 0 Å². The summed E-state index contributed by atoms with van der Waals surface area (Å²) in [6.45, 7) is 0.381. The maximum absolute atomic E-state index is 12.5. The lowest BCUT2D eigenvalue weighted by Gasteiger charge is -2.46. The van der Waals surface area contributed by atoms with E-state index < -0.39 is 60.0 Å². The SMILES string of the molecule is N=C1C=CC(CCOc2ccc(C3C=C(O)c4c(cc(O[C@@H]5O[C@H](C(=O)O)[C@](O)(CC6=NC=NC6)[C@@H](O)[C@H]5O)c(OC5(c6cccc(O)c6)CCCC5)c4O)O3)cc2)=N1. The van der Waals surface area contributed by atoms with Crippen LogP contribution in [0.25, 0.3) is 5.76 Å². The van der Waals surface area contributed by atoms with E-state index in [9.17, 15) is 40.5 Å². The van der Waals surface area contributed by atoms with Crippen molar-refractivity contribution in [2.75, 3.05) is 13.2 Å². The molecule has 17 heteroatoms. The molecule has 0 spiro atoms. The lowest BCUT2D eigenvalue weighted by Crippen LogP contribution is -2.69. The van der Waals surface area contributed by atoms with Gasteiger partial charge in [0, 0.05) is 36.4 Å². The highest BCUT2D eigenvalue weighted by atomic mass is 16.7. The minimum Gasteiger partial charge on any atom is -0.508 e. The molecule has 1 saturated heterocycles. The van der Waals surface area contributed by atoms with Gasteiger partial charge in [-0.3, -0.25) is 10.4 Å². The molecule has 3 aromatic carbocycles. The number of allylic oxidation sites excluding steroid dienone is 1. The minimum absolute atomic E-state index is 0.0169. The number of aliphatic hydroxyl groups excluding tert-OH is 3. The van der Waals surface area contributed by atoms with Crippen LogP contribution in [0.2, 0.25) is 0 Å². The third-order valence-corrected chi connectivity index (χ3v) is 11.0. The van der Waals surface area contributed by atoms with Gasteiger partial charge in [-0.15, -0.1) is 0 Å². The predicted octanol–water partition coefficient (Wildman–Crippen LogP) is 4.25. The summed E-state index contributed by atoms with van der Waals surface area (Å²) in [6.07, 6.45) is -0.760. The number of carboxylic acids is 1. The molecular formula is C42H42N4O13. The number of phenolic OH excluding ortho intramolecular Hbond substituents is 2. The summed E-state index contributed by atoms with van der Waals surface area (Å²) in [5.41, 5.74) is -1.62. The van der Waals surface area contributed by atoms with Crippen LogP contribution in [-0.4, -0.2) is 109 Å². The molecule has 59 heavy (non-hydrogen) atoms. The number of phenols is 2. The van der Waals surface area contributed by atoms with Gasteiger partial charge in [0.15, 0.2) is 17.6 Å². The Morgan fingerprint density at radius 2 is 1.80 bits per heavy atom. The fraction of sp³-hybridized carbons (Fsp3) is 0.357. The number of ether oxygens (including phenoxy) is 5. The number of amidine groups is 1. The topological polar surface area (TPSA) is 266 Å². The summed E-state index contributed by atoms with van der Waals surface area (Å²) in [6, 6.07) is 14.7. The molecule has 0 radical (unpaired) electrons. The van der Waals surface area contributed by atoms with Gasteiger partial charge in [-0.25, -0.2) is 14.8 Å². The van der Waals surface area contributed by atoms with Crippen LogP contribution in [0, 0.1) is 5.41 Å². The van der Waals surface area contributed by atoms with Crippen LogP contribution >= 0.6 is 0 Å². The Morgan fingerprint density at radius 1 is 1.02 bits per heavy atom. The molecule has 4 heterocycles. The predicted molar refractivity (Wildman–Crippen MR) is 211 cm³/mol. The fourth-order valence-electron chi connectivity index (χ4n) is 8.01. The van der Waals surface area contributed by atoms with Gasteiger partial charge in [-0.05, 0) is 73.2 Å². The van der Waals surface area contributed by atoms with Gasteiger partial charge in [0.05, 0.1) is 13.2 Å². The van der Waals surface area contributed by atoms with Crippen molar-refractivity contribution in [3.8, 4) is 34.5 Å². The van der Waals surface area contributed by atoms with Crippen molar-refractivity contribution >= 4 is 35.3 Å². The van der Waals surface area contributed by atoms with Gasteiger partial charge in [0.25, 0.3) is 0 Å². The van der Waals surface area contributed by atoms with Crippen LogP contribution in [0.5, 0.6) is 34.5 Å². The largest absolute Gasteiger partial charge is 0.508 e. The molecule has 0 amide bonds. The Kier molecular flexibility index (Phi) is 10.6. The van der Waals surface area contributed by atoms with Gasteiger partial charge in [0.1, 0.15) is 70.3 Å². The first-order valence-corrected chi connectivity index (χ1v) is 19.0. The lowest BCUT2D eigenvalue weighted by atomic mass is 9.80.